The molecule has 2 heterocycles. The summed E-state index contributed by atoms with van der Waals surface area (Å²) in [6.45, 7) is 0.115. The molecule has 0 spiro atoms. The third kappa shape index (κ3) is 3.62. The van der Waals surface area contributed by atoms with E-state index in [0.717, 1.165) is 17.0 Å². The average molecular weight is 391 g/mol. The fraction of sp³-hybridized carbons (Fsp3) is 0.438. The molecule has 0 unspecified atom stereocenters. The molecule has 0 saturated carbocycles. The molecule has 2 saturated heterocycles. The van der Waals surface area contributed by atoms with Crippen LogP contribution in [0.15, 0.2) is 18.2 Å². The lowest BCUT2D eigenvalue weighted by molar-refractivity contribution is -0.142. The van der Waals surface area contributed by atoms with Crippen molar-refractivity contribution in [1.82, 2.24) is 9.80 Å². The number of hydrogen-bond donors (Lipinski definition) is 0. The molecule has 3 rings (SSSR count). The first-order valence-corrected chi connectivity index (χ1v) is 8.17. The van der Waals surface area contributed by atoms with E-state index in [-0.39, 0.29) is 43.5 Å². The Morgan fingerprint density at radius 2 is 1.96 bits per heavy atom. The minimum absolute atomic E-state index is 0.0179. The predicted molar refractivity (Wildman–Crippen MR) is 83.3 cm³/mol. The minimum Gasteiger partial charge on any atom is -0.439 e. The number of benzene rings is 1. The Kier molecular flexibility index (Phi) is 4.83. The second kappa shape index (κ2) is 6.79. The minimum atomic E-state index is -4.56. The van der Waals surface area contributed by atoms with Crippen molar-refractivity contribution in [2.24, 2.45) is 0 Å². The van der Waals surface area contributed by atoms with Gasteiger partial charge >= 0.3 is 12.3 Å². The molecule has 10 heteroatoms. The van der Waals surface area contributed by atoms with Crippen LogP contribution in [-0.2, 0) is 26.9 Å². The molecule has 0 bridgehead atoms. The summed E-state index contributed by atoms with van der Waals surface area (Å²) in [4.78, 5) is 37.5. The van der Waals surface area contributed by atoms with Crippen molar-refractivity contribution in [3.8, 4) is 0 Å². The quantitative estimate of drug-likeness (QED) is 0.792. The Hall–Kier alpha value is -2.29. The van der Waals surface area contributed by atoms with E-state index in [0.29, 0.717) is 5.56 Å². The van der Waals surface area contributed by atoms with Gasteiger partial charge in [-0.25, -0.2) is 9.69 Å². The summed E-state index contributed by atoms with van der Waals surface area (Å²) in [5.74, 6) is -0.697. The summed E-state index contributed by atoms with van der Waals surface area (Å²) in [7, 11) is 0. The molecule has 0 atom stereocenters. The maximum Gasteiger partial charge on any atom is 0.417 e. The van der Waals surface area contributed by atoms with Gasteiger partial charge in [0.05, 0.1) is 16.6 Å². The van der Waals surface area contributed by atoms with Gasteiger partial charge in [-0.2, -0.15) is 13.2 Å². The third-order valence-corrected chi connectivity index (χ3v) is 4.66. The van der Waals surface area contributed by atoms with E-state index in [4.69, 9.17) is 11.6 Å². The standard InChI is InChI=1S/C16H14ClF3N2O4/c17-12-3-1-9(5-11(12)16(18,19)20)2-4-13(23)21-6-10(7-21)22-14(24)8-26-15(22)25/h1,3,5,10H,2,4,6-8H2. The Balaban J connectivity index is 1.53. The van der Waals surface area contributed by atoms with Gasteiger partial charge in [-0.15, -0.1) is 0 Å². The normalized spacial score (nSPS) is 18.2. The number of cyclic esters (lactones) is 1. The van der Waals surface area contributed by atoms with Crippen molar-refractivity contribution in [3.05, 3.63) is 34.3 Å². The molecule has 2 aliphatic rings. The number of hydrogen-bond acceptors (Lipinski definition) is 4. The van der Waals surface area contributed by atoms with E-state index in [1.807, 2.05) is 0 Å². The molecule has 1 aromatic rings. The Morgan fingerprint density at radius 1 is 1.27 bits per heavy atom. The number of carbonyl (C=O) groups excluding carboxylic acids is 3. The number of rotatable bonds is 4. The van der Waals surface area contributed by atoms with Crippen molar-refractivity contribution in [2.45, 2.75) is 25.1 Å². The van der Waals surface area contributed by atoms with Crippen LogP contribution >= 0.6 is 11.6 Å². The number of ether oxygens (including phenoxy) is 1. The van der Waals surface area contributed by atoms with E-state index >= 15 is 0 Å². The number of nitrogens with zero attached hydrogens (tertiary/aromatic N) is 2. The highest BCUT2D eigenvalue weighted by Gasteiger charge is 2.44. The predicted octanol–water partition coefficient (Wildman–Crippen LogP) is 2.48. The fourth-order valence-electron chi connectivity index (χ4n) is 2.89. The second-order valence-electron chi connectivity index (χ2n) is 6.08. The van der Waals surface area contributed by atoms with Crippen LogP contribution in [0.3, 0.4) is 0 Å². The van der Waals surface area contributed by atoms with Gasteiger partial charge in [0, 0.05) is 19.5 Å². The highest BCUT2D eigenvalue weighted by molar-refractivity contribution is 6.31. The Morgan fingerprint density at radius 3 is 2.54 bits per heavy atom. The van der Waals surface area contributed by atoms with Gasteiger partial charge in [0.2, 0.25) is 5.91 Å². The third-order valence-electron chi connectivity index (χ3n) is 4.33. The lowest BCUT2D eigenvalue weighted by Gasteiger charge is -2.42. The molecular weight excluding hydrogens is 377 g/mol. The van der Waals surface area contributed by atoms with Crippen molar-refractivity contribution >= 4 is 29.5 Å². The number of amides is 3. The number of likely N-dealkylation sites (tertiary alicyclic amines) is 1. The molecule has 3 amide bonds. The summed E-state index contributed by atoms with van der Waals surface area (Å²) < 4.78 is 43.1. The number of halogens is 4. The molecule has 0 aliphatic carbocycles. The Labute approximate surface area is 151 Å². The zero-order valence-electron chi connectivity index (χ0n) is 13.4. The fourth-order valence-corrected chi connectivity index (χ4v) is 3.12. The zero-order valence-corrected chi connectivity index (χ0v) is 14.1. The van der Waals surface area contributed by atoms with Crippen LogP contribution in [0.2, 0.25) is 5.02 Å². The summed E-state index contributed by atoms with van der Waals surface area (Å²) in [6, 6.07) is 3.14. The van der Waals surface area contributed by atoms with Crippen LogP contribution in [0.4, 0.5) is 18.0 Å². The van der Waals surface area contributed by atoms with Gasteiger partial charge in [0.25, 0.3) is 5.91 Å². The molecule has 1 aromatic carbocycles. The van der Waals surface area contributed by atoms with Crippen LogP contribution in [0.1, 0.15) is 17.5 Å². The topological polar surface area (TPSA) is 66.9 Å². The molecule has 2 aliphatic heterocycles. The maximum absolute atomic E-state index is 12.8. The number of aryl methyl sites for hydroxylation is 1. The summed E-state index contributed by atoms with van der Waals surface area (Å²) >= 11 is 5.56. The number of carbonyl (C=O) groups is 3. The first-order valence-electron chi connectivity index (χ1n) is 7.79. The average Bonchev–Trinajstić information content (AvgIpc) is 2.84. The van der Waals surface area contributed by atoms with Crippen LogP contribution in [0.5, 0.6) is 0 Å². The molecule has 26 heavy (non-hydrogen) atoms. The van der Waals surface area contributed by atoms with E-state index in [1.54, 1.807) is 0 Å². The molecule has 0 radical (unpaired) electrons. The van der Waals surface area contributed by atoms with Gasteiger partial charge in [-0.3, -0.25) is 9.59 Å². The van der Waals surface area contributed by atoms with Crippen molar-refractivity contribution < 1.29 is 32.3 Å². The van der Waals surface area contributed by atoms with Crippen LogP contribution in [0.25, 0.3) is 0 Å². The van der Waals surface area contributed by atoms with E-state index < -0.39 is 29.8 Å². The SMILES string of the molecule is O=C(CCc1ccc(Cl)c(C(F)(F)F)c1)N1CC(N2C(=O)COC2=O)C1. The monoisotopic (exact) mass is 390 g/mol. The highest BCUT2D eigenvalue weighted by atomic mass is 35.5. The smallest absolute Gasteiger partial charge is 0.417 e. The van der Waals surface area contributed by atoms with Gasteiger partial charge in [-0.05, 0) is 24.1 Å². The summed E-state index contributed by atoms with van der Waals surface area (Å²) in [5.41, 5.74) is -0.579. The summed E-state index contributed by atoms with van der Waals surface area (Å²) in [5, 5.41) is -0.389. The van der Waals surface area contributed by atoms with Gasteiger partial charge < -0.3 is 9.64 Å². The van der Waals surface area contributed by atoms with Gasteiger partial charge in [0.15, 0.2) is 6.61 Å². The maximum atomic E-state index is 12.8. The van der Waals surface area contributed by atoms with Crippen LogP contribution in [0, 0.1) is 0 Å². The van der Waals surface area contributed by atoms with Crippen LogP contribution in [-0.4, -0.2) is 53.4 Å². The molecule has 2 fully saturated rings. The summed E-state index contributed by atoms with van der Waals surface area (Å²) in [6.07, 6.45) is -5.12. The van der Waals surface area contributed by atoms with Gasteiger partial charge in [-0.1, -0.05) is 17.7 Å². The van der Waals surface area contributed by atoms with Crippen LogP contribution < -0.4 is 0 Å². The number of imide groups is 1. The van der Waals surface area contributed by atoms with E-state index in [9.17, 15) is 27.6 Å². The first-order chi connectivity index (χ1) is 12.2. The van der Waals surface area contributed by atoms with Gasteiger partial charge in [0.1, 0.15) is 0 Å². The van der Waals surface area contributed by atoms with E-state index in [1.165, 1.54) is 11.0 Å². The molecular formula is C16H14ClF3N2O4. The van der Waals surface area contributed by atoms with Crippen molar-refractivity contribution in [1.29, 1.82) is 0 Å². The lowest BCUT2D eigenvalue weighted by Crippen LogP contribution is -2.62. The first kappa shape index (κ1) is 18.5. The number of alkyl halides is 3. The Bertz CT molecular complexity index is 746. The van der Waals surface area contributed by atoms with E-state index in [2.05, 4.69) is 4.74 Å². The van der Waals surface area contributed by atoms with Crippen molar-refractivity contribution in [3.63, 3.8) is 0 Å². The molecule has 0 N–H and O–H groups in total. The lowest BCUT2D eigenvalue weighted by atomic mass is 10.0. The molecule has 0 aromatic heterocycles. The molecule has 6 nitrogen and oxygen atoms in total. The highest BCUT2D eigenvalue weighted by Crippen LogP contribution is 2.35. The largest absolute Gasteiger partial charge is 0.439 e. The molecule has 140 valence electrons. The second-order valence-corrected chi connectivity index (χ2v) is 6.49. The zero-order chi connectivity index (χ0) is 19.1. The van der Waals surface area contributed by atoms with Crippen molar-refractivity contribution in [2.75, 3.05) is 19.7 Å².